The van der Waals surface area contributed by atoms with Crippen molar-refractivity contribution in [1.82, 2.24) is 9.58 Å². The average Bonchev–Trinajstić information content (AvgIpc) is 3.14. The van der Waals surface area contributed by atoms with E-state index < -0.39 is 36.5 Å². The second-order valence-corrected chi connectivity index (χ2v) is 10.4. The zero-order valence-corrected chi connectivity index (χ0v) is 23.5. The third-order valence-corrected chi connectivity index (χ3v) is 7.88. The Labute approximate surface area is 240 Å². The van der Waals surface area contributed by atoms with Crippen LogP contribution in [0.25, 0.3) is 0 Å². The average molecular weight is 584 g/mol. The second-order valence-electron chi connectivity index (χ2n) is 9.35. The number of pyridine rings is 1. The number of allylic oxidation sites excluding steroid dienone is 4. The molecule has 0 spiro atoms. The number of benzene rings is 1. The van der Waals surface area contributed by atoms with Crippen LogP contribution < -0.4 is 15.2 Å². The first-order chi connectivity index (χ1) is 19.9. The number of thioether (sulfide) groups is 1. The molecule has 10 nitrogen and oxygen atoms in total. The molecule has 1 amide bonds. The number of amides is 1. The van der Waals surface area contributed by atoms with Gasteiger partial charge in [0.05, 0.1) is 31.7 Å². The van der Waals surface area contributed by atoms with Crippen LogP contribution in [0.1, 0.15) is 35.9 Å². The summed E-state index contributed by atoms with van der Waals surface area (Å²) < 4.78 is 36.1. The molecule has 3 aliphatic heterocycles. The number of ether oxygens (including phenoxy) is 4. The topological polar surface area (TPSA) is 99.5 Å². The molecule has 1 aromatic carbocycles. The number of carbonyl (C=O) groups is 2. The van der Waals surface area contributed by atoms with Crippen LogP contribution in [-0.2, 0) is 14.2 Å². The van der Waals surface area contributed by atoms with Crippen molar-refractivity contribution in [3.63, 3.8) is 0 Å². The SMILES string of the molecule is CCOC(=O)OCOc1c2n(ccc1=O)N([C@H]1C=C(/C=C\C=C(/C)F)CSc3ccccc31)[C@@H]1COCCN1C2=O. The third kappa shape index (κ3) is 6.03. The molecule has 1 saturated heterocycles. The highest BCUT2D eigenvalue weighted by Crippen LogP contribution is 2.40. The van der Waals surface area contributed by atoms with Crippen LogP contribution in [0.15, 0.2) is 81.9 Å². The standard InChI is InChI=1S/C29H30FN3O7S/c1-3-38-29(36)40-18-39-27-23(34)11-12-32-26(27)28(35)31-13-14-37-16-25(31)33(32)22-15-20(8-6-7-19(2)30)17-41-24-10-5-4-9-21(22)24/h4-12,15,22,25H,3,13-14,16-18H2,1-2H3/b8-6-,19-7+/t22-,25+/m0/s1. The number of halogens is 1. The van der Waals surface area contributed by atoms with E-state index >= 15 is 0 Å². The molecule has 0 saturated carbocycles. The van der Waals surface area contributed by atoms with Crippen LogP contribution in [0.3, 0.4) is 0 Å². The minimum absolute atomic E-state index is 0.0129. The van der Waals surface area contributed by atoms with Gasteiger partial charge in [0.25, 0.3) is 5.91 Å². The molecule has 5 rings (SSSR count). The van der Waals surface area contributed by atoms with E-state index in [2.05, 4.69) is 6.08 Å². The largest absolute Gasteiger partial charge is 0.511 e. The summed E-state index contributed by atoms with van der Waals surface area (Å²) in [6.07, 6.45) is 7.11. The predicted octanol–water partition coefficient (Wildman–Crippen LogP) is 4.31. The summed E-state index contributed by atoms with van der Waals surface area (Å²) in [6, 6.07) is 8.89. The first-order valence-electron chi connectivity index (χ1n) is 13.2. The summed E-state index contributed by atoms with van der Waals surface area (Å²) in [4.78, 5) is 41.2. The van der Waals surface area contributed by atoms with Gasteiger partial charge >= 0.3 is 6.16 Å². The van der Waals surface area contributed by atoms with E-state index in [1.54, 1.807) is 40.5 Å². The Hall–Kier alpha value is -4.03. The third-order valence-electron chi connectivity index (χ3n) is 6.72. The summed E-state index contributed by atoms with van der Waals surface area (Å²) in [5.41, 5.74) is 1.43. The molecular weight excluding hydrogens is 553 g/mol. The minimum Gasteiger partial charge on any atom is -0.451 e. The monoisotopic (exact) mass is 583 g/mol. The van der Waals surface area contributed by atoms with Crippen LogP contribution in [-0.4, -0.2) is 66.7 Å². The Morgan fingerprint density at radius 3 is 2.85 bits per heavy atom. The fourth-order valence-electron chi connectivity index (χ4n) is 4.96. The highest BCUT2D eigenvalue weighted by Gasteiger charge is 2.44. The number of rotatable bonds is 7. The molecular formula is C29H30FN3O7S. The first-order valence-corrected chi connectivity index (χ1v) is 14.2. The molecule has 0 bridgehead atoms. The van der Waals surface area contributed by atoms with Crippen molar-refractivity contribution < 1.29 is 32.9 Å². The smallest absolute Gasteiger partial charge is 0.451 e. The normalized spacial score (nSPS) is 20.5. The van der Waals surface area contributed by atoms with Crippen LogP contribution in [0.2, 0.25) is 0 Å². The highest BCUT2D eigenvalue weighted by molar-refractivity contribution is 7.99. The van der Waals surface area contributed by atoms with Gasteiger partial charge in [0.15, 0.2) is 5.69 Å². The zero-order chi connectivity index (χ0) is 28.9. The lowest BCUT2D eigenvalue weighted by Crippen LogP contribution is -2.66. The molecule has 1 fully saturated rings. The van der Waals surface area contributed by atoms with E-state index in [4.69, 9.17) is 18.9 Å². The highest BCUT2D eigenvalue weighted by atomic mass is 32.2. The maximum Gasteiger partial charge on any atom is 0.511 e. The number of aromatic nitrogens is 1. The van der Waals surface area contributed by atoms with Gasteiger partial charge in [0, 0.05) is 29.5 Å². The van der Waals surface area contributed by atoms with Gasteiger partial charge in [0.2, 0.25) is 18.0 Å². The molecule has 2 atom stereocenters. The Kier molecular flexibility index (Phi) is 8.79. The van der Waals surface area contributed by atoms with Crippen LogP contribution >= 0.6 is 11.8 Å². The van der Waals surface area contributed by atoms with Crippen molar-refractivity contribution in [3.05, 3.63) is 93.7 Å². The summed E-state index contributed by atoms with van der Waals surface area (Å²) in [6.45, 7) is 3.42. The number of fused-ring (bicyclic) bond motifs is 3. The molecule has 0 radical (unpaired) electrons. The Bertz CT molecular complexity index is 1470. The lowest BCUT2D eigenvalue weighted by Gasteiger charge is -2.50. The predicted molar refractivity (Wildman–Crippen MR) is 150 cm³/mol. The molecule has 1 aromatic heterocycles. The van der Waals surface area contributed by atoms with E-state index in [-0.39, 0.29) is 30.5 Å². The maximum absolute atomic E-state index is 13.8. The van der Waals surface area contributed by atoms with E-state index in [0.717, 1.165) is 16.0 Å². The van der Waals surface area contributed by atoms with Gasteiger partial charge in [-0.25, -0.2) is 9.18 Å². The van der Waals surface area contributed by atoms with Gasteiger partial charge in [-0.3, -0.25) is 19.3 Å². The number of nitrogens with zero attached hydrogens (tertiary/aromatic N) is 3. The fourth-order valence-corrected chi connectivity index (χ4v) is 6.01. The van der Waals surface area contributed by atoms with E-state index in [0.29, 0.717) is 18.9 Å². The lowest BCUT2D eigenvalue weighted by molar-refractivity contribution is -0.0209. The summed E-state index contributed by atoms with van der Waals surface area (Å²) in [5.74, 6) is -0.287. The van der Waals surface area contributed by atoms with Crippen molar-refractivity contribution in [2.75, 3.05) is 43.9 Å². The van der Waals surface area contributed by atoms with E-state index in [9.17, 15) is 18.8 Å². The molecule has 2 aromatic rings. The molecule has 41 heavy (non-hydrogen) atoms. The molecule has 0 aliphatic carbocycles. The molecule has 0 unspecified atom stereocenters. The lowest BCUT2D eigenvalue weighted by atomic mass is 10.0. The summed E-state index contributed by atoms with van der Waals surface area (Å²) in [7, 11) is 0. The van der Waals surface area contributed by atoms with Gasteiger partial charge in [0.1, 0.15) is 6.17 Å². The second kappa shape index (κ2) is 12.6. The molecule has 3 aliphatic rings. The molecule has 216 valence electrons. The van der Waals surface area contributed by atoms with Crippen molar-refractivity contribution in [1.29, 1.82) is 0 Å². The number of morpholine rings is 1. The van der Waals surface area contributed by atoms with Crippen molar-refractivity contribution in [3.8, 4) is 5.75 Å². The number of carbonyl (C=O) groups excluding carboxylic acids is 2. The van der Waals surface area contributed by atoms with Crippen LogP contribution in [0.5, 0.6) is 5.75 Å². The Morgan fingerprint density at radius 2 is 2.05 bits per heavy atom. The maximum atomic E-state index is 13.8. The van der Waals surface area contributed by atoms with Crippen molar-refractivity contribution in [2.45, 2.75) is 31.0 Å². The van der Waals surface area contributed by atoms with Crippen molar-refractivity contribution >= 4 is 23.8 Å². The van der Waals surface area contributed by atoms with E-state index in [1.807, 2.05) is 35.4 Å². The molecule has 4 heterocycles. The quantitative estimate of drug-likeness (QED) is 0.268. The van der Waals surface area contributed by atoms with E-state index in [1.165, 1.54) is 19.1 Å². The first kappa shape index (κ1) is 28.5. The summed E-state index contributed by atoms with van der Waals surface area (Å²) in [5, 5.41) is 1.99. The van der Waals surface area contributed by atoms with Gasteiger partial charge in [-0.15, -0.1) is 11.8 Å². The van der Waals surface area contributed by atoms with Crippen LogP contribution in [0.4, 0.5) is 9.18 Å². The molecule has 12 heteroatoms. The Balaban J connectivity index is 1.63. The van der Waals surface area contributed by atoms with Gasteiger partial charge in [-0.1, -0.05) is 36.4 Å². The van der Waals surface area contributed by atoms with Gasteiger partial charge in [-0.2, -0.15) is 0 Å². The Morgan fingerprint density at radius 1 is 1.22 bits per heavy atom. The molecule has 0 N–H and O–H groups in total. The van der Waals surface area contributed by atoms with Gasteiger partial charge in [-0.05, 0) is 37.1 Å². The summed E-state index contributed by atoms with van der Waals surface area (Å²) >= 11 is 1.66. The fraction of sp³-hybridized carbons (Fsp3) is 0.345. The van der Waals surface area contributed by atoms with Crippen LogP contribution in [0, 0.1) is 0 Å². The number of hydrogen-bond acceptors (Lipinski definition) is 9. The van der Waals surface area contributed by atoms with Gasteiger partial charge < -0.3 is 23.8 Å². The zero-order valence-electron chi connectivity index (χ0n) is 22.7. The van der Waals surface area contributed by atoms with Crippen molar-refractivity contribution in [2.24, 2.45) is 0 Å². The minimum atomic E-state index is -0.949. The number of hydrogen-bond donors (Lipinski definition) is 0.